The summed E-state index contributed by atoms with van der Waals surface area (Å²) in [5.74, 6) is 1.90. The van der Waals surface area contributed by atoms with Crippen LogP contribution in [0.2, 0.25) is 0 Å². The minimum atomic E-state index is 0.767. The van der Waals surface area contributed by atoms with Gasteiger partial charge in [-0.05, 0) is 19.3 Å². The second-order valence-corrected chi connectivity index (χ2v) is 6.14. The van der Waals surface area contributed by atoms with Gasteiger partial charge in [-0.15, -0.1) is 0 Å². The fraction of sp³-hybridized carbons (Fsp3) is 0.389. The van der Waals surface area contributed by atoms with Gasteiger partial charge in [-0.25, -0.2) is 9.97 Å². The first kappa shape index (κ1) is 14.2. The zero-order valence-corrected chi connectivity index (χ0v) is 13.1. The molecule has 5 nitrogen and oxygen atoms in total. The van der Waals surface area contributed by atoms with E-state index >= 15 is 0 Å². The first-order valence-corrected chi connectivity index (χ1v) is 8.24. The Hall–Kier alpha value is -2.43. The Bertz CT molecular complexity index is 708. The van der Waals surface area contributed by atoms with Crippen LogP contribution < -0.4 is 4.90 Å². The normalized spacial score (nSPS) is 17.2. The SMILES string of the molecule is O=CN1CCN(c2nc(-c3ccccc3)nc3c2CCC3)CC1. The molecule has 1 fully saturated rings. The fourth-order valence-corrected chi connectivity index (χ4v) is 3.43. The van der Waals surface area contributed by atoms with Crippen molar-refractivity contribution < 1.29 is 4.79 Å². The fourth-order valence-electron chi connectivity index (χ4n) is 3.43. The van der Waals surface area contributed by atoms with Gasteiger partial charge >= 0.3 is 0 Å². The molecule has 2 heterocycles. The Morgan fingerprint density at radius 1 is 0.957 bits per heavy atom. The summed E-state index contributed by atoms with van der Waals surface area (Å²) in [6.07, 6.45) is 4.20. The summed E-state index contributed by atoms with van der Waals surface area (Å²) in [5, 5.41) is 0. The number of carbonyl (C=O) groups is 1. The van der Waals surface area contributed by atoms with E-state index in [0.717, 1.165) is 69.1 Å². The van der Waals surface area contributed by atoms with Crippen LogP contribution in [0.4, 0.5) is 5.82 Å². The zero-order valence-electron chi connectivity index (χ0n) is 13.1. The average molecular weight is 308 g/mol. The van der Waals surface area contributed by atoms with Gasteiger partial charge < -0.3 is 9.80 Å². The molecule has 5 heteroatoms. The number of nitrogens with zero attached hydrogens (tertiary/aromatic N) is 4. The number of piperazine rings is 1. The molecule has 0 spiro atoms. The van der Waals surface area contributed by atoms with Crippen molar-refractivity contribution in [2.45, 2.75) is 19.3 Å². The summed E-state index contributed by atoms with van der Waals surface area (Å²) in [5.41, 5.74) is 3.57. The first-order valence-electron chi connectivity index (χ1n) is 8.24. The van der Waals surface area contributed by atoms with Gasteiger partial charge in [-0.1, -0.05) is 30.3 Å². The average Bonchev–Trinajstić information content (AvgIpc) is 3.10. The lowest BCUT2D eigenvalue weighted by atomic mass is 10.1. The first-order chi connectivity index (χ1) is 11.3. The number of fused-ring (bicyclic) bond motifs is 1. The van der Waals surface area contributed by atoms with Crippen LogP contribution in [-0.4, -0.2) is 47.5 Å². The second kappa shape index (κ2) is 5.99. The van der Waals surface area contributed by atoms with Crippen molar-refractivity contribution in [1.82, 2.24) is 14.9 Å². The summed E-state index contributed by atoms with van der Waals surface area (Å²) in [6, 6.07) is 10.2. The molecule has 2 aromatic rings. The minimum absolute atomic E-state index is 0.767. The van der Waals surface area contributed by atoms with E-state index in [4.69, 9.17) is 9.97 Å². The maximum absolute atomic E-state index is 10.9. The minimum Gasteiger partial charge on any atom is -0.353 e. The third kappa shape index (κ3) is 2.67. The molecule has 4 rings (SSSR count). The maximum atomic E-state index is 10.9. The quantitative estimate of drug-likeness (QED) is 0.813. The number of benzene rings is 1. The van der Waals surface area contributed by atoms with E-state index in [9.17, 15) is 4.79 Å². The highest BCUT2D eigenvalue weighted by molar-refractivity contribution is 5.62. The Balaban J connectivity index is 1.71. The van der Waals surface area contributed by atoms with E-state index in [-0.39, 0.29) is 0 Å². The number of aromatic nitrogens is 2. The van der Waals surface area contributed by atoms with Gasteiger partial charge in [-0.2, -0.15) is 0 Å². The highest BCUT2D eigenvalue weighted by atomic mass is 16.1. The van der Waals surface area contributed by atoms with E-state index < -0.39 is 0 Å². The van der Waals surface area contributed by atoms with Crippen molar-refractivity contribution in [2.24, 2.45) is 0 Å². The molecule has 1 aliphatic carbocycles. The molecule has 0 bridgehead atoms. The molecule has 1 aromatic heterocycles. The Labute approximate surface area is 136 Å². The zero-order chi connectivity index (χ0) is 15.6. The number of anilines is 1. The van der Waals surface area contributed by atoms with Crippen LogP contribution in [-0.2, 0) is 17.6 Å². The van der Waals surface area contributed by atoms with Crippen molar-refractivity contribution in [3.05, 3.63) is 41.6 Å². The highest BCUT2D eigenvalue weighted by Gasteiger charge is 2.25. The molecular formula is C18H20N4O. The third-order valence-electron chi connectivity index (χ3n) is 4.71. The molecular weight excluding hydrogens is 288 g/mol. The lowest BCUT2D eigenvalue weighted by molar-refractivity contribution is -0.118. The van der Waals surface area contributed by atoms with Crippen molar-refractivity contribution in [3.8, 4) is 11.4 Å². The van der Waals surface area contributed by atoms with Gasteiger partial charge in [0.15, 0.2) is 5.82 Å². The number of carbonyl (C=O) groups excluding carboxylic acids is 1. The predicted molar refractivity (Wildman–Crippen MR) is 89.3 cm³/mol. The Morgan fingerprint density at radius 3 is 2.48 bits per heavy atom. The third-order valence-corrected chi connectivity index (χ3v) is 4.71. The van der Waals surface area contributed by atoms with E-state index in [1.54, 1.807) is 0 Å². The van der Waals surface area contributed by atoms with Gasteiger partial charge in [-0.3, -0.25) is 4.79 Å². The van der Waals surface area contributed by atoms with Crippen molar-refractivity contribution in [3.63, 3.8) is 0 Å². The van der Waals surface area contributed by atoms with Crippen LogP contribution in [0.25, 0.3) is 11.4 Å². The largest absolute Gasteiger partial charge is 0.353 e. The van der Waals surface area contributed by atoms with Gasteiger partial charge in [0, 0.05) is 43.0 Å². The molecule has 1 aliphatic heterocycles. The van der Waals surface area contributed by atoms with Crippen LogP contribution in [0.1, 0.15) is 17.7 Å². The second-order valence-electron chi connectivity index (χ2n) is 6.14. The predicted octanol–water partition coefficient (Wildman–Crippen LogP) is 1.91. The Morgan fingerprint density at radius 2 is 1.74 bits per heavy atom. The maximum Gasteiger partial charge on any atom is 0.209 e. The topological polar surface area (TPSA) is 49.3 Å². The van der Waals surface area contributed by atoms with Crippen LogP contribution in [0.15, 0.2) is 30.3 Å². The van der Waals surface area contributed by atoms with Crippen molar-refractivity contribution >= 4 is 12.2 Å². The van der Waals surface area contributed by atoms with Crippen LogP contribution >= 0.6 is 0 Å². The summed E-state index contributed by atoms with van der Waals surface area (Å²) in [4.78, 5) is 24.8. The smallest absolute Gasteiger partial charge is 0.209 e. The molecule has 1 amide bonds. The molecule has 0 saturated carbocycles. The molecule has 0 unspecified atom stereocenters. The number of rotatable bonds is 3. The molecule has 0 radical (unpaired) electrons. The summed E-state index contributed by atoms with van der Waals surface area (Å²) < 4.78 is 0. The van der Waals surface area contributed by atoms with Crippen molar-refractivity contribution in [2.75, 3.05) is 31.1 Å². The summed E-state index contributed by atoms with van der Waals surface area (Å²) >= 11 is 0. The molecule has 0 atom stereocenters. The monoisotopic (exact) mass is 308 g/mol. The molecule has 1 saturated heterocycles. The Kier molecular flexibility index (Phi) is 3.69. The highest BCUT2D eigenvalue weighted by Crippen LogP contribution is 2.31. The number of aryl methyl sites for hydroxylation is 1. The lowest BCUT2D eigenvalue weighted by Crippen LogP contribution is -2.46. The molecule has 2 aliphatic rings. The van der Waals surface area contributed by atoms with E-state index in [2.05, 4.69) is 17.0 Å². The number of amides is 1. The van der Waals surface area contributed by atoms with Crippen LogP contribution in [0, 0.1) is 0 Å². The number of hydrogen-bond acceptors (Lipinski definition) is 4. The summed E-state index contributed by atoms with van der Waals surface area (Å²) in [6.45, 7) is 3.22. The molecule has 1 aromatic carbocycles. The van der Waals surface area contributed by atoms with Crippen molar-refractivity contribution in [1.29, 1.82) is 0 Å². The van der Waals surface area contributed by atoms with E-state index in [1.165, 1.54) is 11.3 Å². The summed E-state index contributed by atoms with van der Waals surface area (Å²) in [7, 11) is 0. The van der Waals surface area contributed by atoms with Gasteiger partial charge in [0.25, 0.3) is 0 Å². The van der Waals surface area contributed by atoms with Gasteiger partial charge in [0.1, 0.15) is 5.82 Å². The molecule has 118 valence electrons. The van der Waals surface area contributed by atoms with Gasteiger partial charge in [0.2, 0.25) is 6.41 Å². The lowest BCUT2D eigenvalue weighted by Gasteiger charge is -2.34. The standard InChI is InChI=1S/C18H20N4O/c23-13-21-9-11-22(12-10-21)18-15-7-4-8-16(15)19-17(20-18)14-5-2-1-3-6-14/h1-3,5-6,13H,4,7-12H2. The molecule has 0 N–H and O–H groups in total. The number of hydrogen-bond donors (Lipinski definition) is 0. The van der Waals surface area contributed by atoms with Gasteiger partial charge in [0.05, 0.1) is 0 Å². The van der Waals surface area contributed by atoms with E-state index in [1.807, 2.05) is 23.1 Å². The van der Waals surface area contributed by atoms with E-state index in [0.29, 0.717) is 0 Å². The molecule has 23 heavy (non-hydrogen) atoms. The van der Waals surface area contributed by atoms with Crippen LogP contribution in [0.5, 0.6) is 0 Å². The van der Waals surface area contributed by atoms with Crippen LogP contribution in [0.3, 0.4) is 0 Å².